The Kier molecular flexibility index (Phi) is 4.10. The van der Waals surface area contributed by atoms with E-state index in [0.29, 0.717) is 17.4 Å². The Labute approximate surface area is 120 Å². The van der Waals surface area contributed by atoms with Crippen molar-refractivity contribution < 1.29 is 4.39 Å². The summed E-state index contributed by atoms with van der Waals surface area (Å²) in [6, 6.07) is 5.72. The van der Waals surface area contributed by atoms with Gasteiger partial charge in [0.25, 0.3) is 0 Å². The lowest BCUT2D eigenvalue weighted by Crippen LogP contribution is -2.46. The second kappa shape index (κ2) is 6.00. The van der Waals surface area contributed by atoms with Crippen molar-refractivity contribution in [2.75, 3.05) is 36.8 Å². The van der Waals surface area contributed by atoms with Crippen LogP contribution in [0, 0.1) is 5.82 Å². The van der Waals surface area contributed by atoms with Crippen LogP contribution < -0.4 is 10.6 Å². The summed E-state index contributed by atoms with van der Waals surface area (Å²) in [7, 11) is 0. The molecule has 2 heterocycles. The monoisotopic (exact) mass is 277 g/mol. The summed E-state index contributed by atoms with van der Waals surface area (Å²) in [5.74, 6) is -0.193. The molecule has 20 heavy (non-hydrogen) atoms. The van der Waals surface area contributed by atoms with Gasteiger partial charge in [0.2, 0.25) is 0 Å². The first-order valence-corrected chi connectivity index (χ1v) is 7.78. The van der Waals surface area contributed by atoms with Gasteiger partial charge in [0, 0.05) is 24.8 Å². The molecule has 0 unspecified atom stereocenters. The molecule has 110 valence electrons. The number of benzene rings is 1. The number of halogens is 1. The Balaban J connectivity index is 1.60. The molecule has 3 rings (SSSR count). The molecule has 4 heteroatoms. The minimum atomic E-state index is -0.193. The average Bonchev–Trinajstić information content (AvgIpc) is 2.48. The Bertz CT molecular complexity index is 449. The summed E-state index contributed by atoms with van der Waals surface area (Å²) >= 11 is 0. The van der Waals surface area contributed by atoms with Gasteiger partial charge in [-0.15, -0.1) is 0 Å². The number of piperidine rings is 2. The number of hydrogen-bond acceptors (Lipinski definition) is 3. The minimum absolute atomic E-state index is 0.193. The maximum Gasteiger partial charge on any atom is 0.148 e. The van der Waals surface area contributed by atoms with Crippen molar-refractivity contribution in [2.45, 2.75) is 38.1 Å². The molecule has 0 saturated carbocycles. The van der Waals surface area contributed by atoms with Gasteiger partial charge in [-0.25, -0.2) is 4.39 Å². The molecule has 2 aliphatic rings. The summed E-state index contributed by atoms with van der Waals surface area (Å²) in [5, 5.41) is 0. The van der Waals surface area contributed by atoms with E-state index in [9.17, 15) is 4.39 Å². The number of rotatable bonds is 2. The summed E-state index contributed by atoms with van der Waals surface area (Å²) < 4.78 is 14.0. The molecule has 0 aliphatic carbocycles. The number of nitrogens with two attached hydrogens (primary N) is 1. The molecule has 1 aromatic rings. The smallest absolute Gasteiger partial charge is 0.148 e. The molecule has 2 saturated heterocycles. The van der Waals surface area contributed by atoms with Crippen LogP contribution in [0.25, 0.3) is 0 Å². The number of nitrogens with zero attached hydrogens (tertiary/aromatic N) is 2. The third-order valence-corrected chi connectivity index (χ3v) is 4.68. The Hall–Kier alpha value is -1.29. The van der Waals surface area contributed by atoms with Crippen molar-refractivity contribution in [1.29, 1.82) is 0 Å². The highest BCUT2D eigenvalue weighted by molar-refractivity contribution is 5.54. The van der Waals surface area contributed by atoms with Crippen molar-refractivity contribution in [2.24, 2.45) is 0 Å². The molecule has 0 aromatic heterocycles. The largest absolute Gasteiger partial charge is 0.399 e. The molecular formula is C16H24FN3. The van der Waals surface area contributed by atoms with Crippen LogP contribution in [0.2, 0.25) is 0 Å². The van der Waals surface area contributed by atoms with E-state index in [0.717, 1.165) is 25.9 Å². The summed E-state index contributed by atoms with van der Waals surface area (Å²) in [4.78, 5) is 4.80. The minimum Gasteiger partial charge on any atom is -0.399 e. The summed E-state index contributed by atoms with van der Waals surface area (Å²) in [5.41, 5.74) is 6.81. The van der Waals surface area contributed by atoms with Crippen LogP contribution in [0.5, 0.6) is 0 Å². The van der Waals surface area contributed by atoms with Gasteiger partial charge in [-0.1, -0.05) is 6.42 Å². The molecule has 2 N–H and O–H groups in total. The number of likely N-dealkylation sites (tertiary alicyclic amines) is 1. The van der Waals surface area contributed by atoms with Crippen LogP contribution in [0.1, 0.15) is 32.1 Å². The number of hydrogen-bond donors (Lipinski definition) is 1. The number of anilines is 2. The fourth-order valence-electron chi connectivity index (χ4n) is 3.54. The van der Waals surface area contributed by atoms with E-state index in [1.165, 1.54) is 38.4 Å². The maximum absolute atomic E-state index is 14.0. The molecule has 1 aromatic carbocycles. The summed E-state index contributed by atoms with van der Waals surface area (Å²) in [6.07, 6.45) is 6.35. The zero-order valence-electron chi connectivity index (χ0n) is 12.0. The first-order valence-electron chi connectivity index (χ1n) is 7.78. The first kappa shape index (κ1) is 13.7. The normalized spacial score (nSPS) is 22.1. The highest BCUT2D eigenvalue weighted by Gasteiger charge is 2.26. The first-order chi connectivity index (χ1) is 9.74. The molecule has 2 aliphatic heterocycles. The van der Waals surface area contributed by atoms with E-state index < -0.39 is 0 Å². The number of nitrogen functional groups attached to an aromatic ring is 1. The Morgan fingerprint density at radius 3 is 2.35 bits per heavy atom. The third-order valence-electron chi connectivity index (χ3n) is 4.68. The van der Waals surface area contributed by atoms with Crippen molar-refractivity contribution in [1.82, 2.24) is 4.90 Å². The summed E-state index contributed by atoms with van der Waals surface area (Å²) in [6.45, 7) is 4.39. The molecule has 0 amide bonds. The van der Waals surface area contributed by atoms with E-state index in [4.69, 9.17) is 5.73 Å². The lowest BCUT2D eigenvalue weighted by Gasteiger charge is -2.41. The van der Waals surface area contributed by atoms with Gasteiger partial charge < -0.3 is 15.5 Å². The molecule has 0 bridgehead atoms. The van der Waals surface area contributed by atoms with Crippen LogP contribution >= 0.6 is 0 Å². The van der Waals surface area contributed by atoms with E-state index in [-0.39, 0.29) is 5.82 Å². The van der Waals surface area contributed by atoms with Gasteiger partial charge in [-0.2, -0.15) is 0 Å². The van der Waals surface area contributed by atoms with E-state index in [1.807, 2.05) is 6.07 Å². The second-order valence-electron chi connectivity index (χ2n) is 6.03. The van der Waals surface area contributed by atoms with Crippen LogP contribution in [0.3, 0.4) is 0 Å². The Morgan fingerprint density at radius 1 is 1.00 bits per heavy atom. The van der Waals surface area contributed by atoms with E-state index in [2.05, 4.69) is 9.80 Å². The predicted molar refractivity (Wildman–Crippen MR) is 81.5 cm³/mol. The third kappa shape index (κ3) is 2.90. The van der Waals surface area contributed by atoms with E-state index >= 15 is 0 Å². The standard InChI is InChI=1S/C16H24FN3/c17-15-12-13(18)4-5-16(15)20-10-6-14(7-11-20)19-8-2-1-3-9-19/h4-5,12,14H,1-3,6-11,18H2. The Morgan fingerprint density at radius 2 is 1.70 bits per heavy atom. The fraction of sp³-hybridized carbons (Fsp3) is 0.625. The molecule has 0 radical (unpaired) electrons. The quantitative estimate of drug-likeness (QED) is 0.844. The van der Waals surface area contributed by atoms with Crippen molar-refractivity contribution in [3.63, 3.8) is 0 Å². The van der Waals surface area contributed by atoms with Gasteiger partial charge >= 0.3 is 0 Å². The SMILES string of the molecule is Nc1ccc(N2CCC(N3CCCCC3)CC2)c(F)c1. The lowest BCUT2D eigenvalue weighted by molar-refractivity contribution is 0.141. The molecule has 0 spiro atoms. The van der Waals surface area contributed by atoms with Crippen LogP contribution in [0.15, 0.2) is 18.2 Å². The fourth-order valence-corrected chi connectivity index (χ4v) is 3.54. The molecule has 2 fully saturated rings. The van der Waals surface area contributed by atoms with Gasteiger partial charge in [0.15, 0.2) is 0 Å². The highest BCUT2D eigenvalue weighted by atomic mass is 19.1. The maximum atomic E-state index is 14.0. The van der Waals surface area contributed by atoms with Crippen molar-refractivity contribution >= 4 is 11.4 Å². The molecule has 3 nitrogen and oxygen atoms in total. The van der Waals surface area contributed by atoms with Gasteiger partial charge in [-0.3, -0.25) is 0 Å². The zero-order valence-corrected chi connectivity index (χ0v) is 12.0. The van der Waals surface area contributed by atoms with E-state index in [1.54, 1.807) is 6.07 Å². The van der Waals surface area contributed by atoms with Gasteiger partial charge in [0.05, 0.1) is 5.69 Å². The lowest BCUT2D eigenvalue weighted by atomic mass is 9.99. The van der Waals surface area contributed by atoms with Crippen LogP contribution in [0.4, 0.5) is 15.8 Å². The van der Waals surface area contributed by atoms with Gasteiger partial charge in [-0.05, 0) is 57.0 Å². The zero-order chi connectivity index (χ0) is 13.9. The second-order valence-corrected chi connectivity index (χ2v) is 6.03. The topological polar surface area (TPSA) is 32.5 Å². The highest BCUT2D eigenvalue weighted by Crippen LogP contribution is 2.27. The van der Waals surface area contributed by atoms with Crippen LogP contribution in [-0.2, 0) is 0 Å². The molecule has 0 atom stereocenters. The molecular weight excluding hydrogens is 253 g/mol. The predicted octanol–water partition coefficient (Wildman–Crippen LogP) is 2.86. The van der Waals surface area contributed by atoms with Gasteiger partial charge in [0.1, 0.15) is 5.82 Å². The van der Waals surface area contributed by atoms with Crippen LogP contribution in [-0.4, -0.2) is 37.1 Å². The van der Waals surface area contributed by atoms with Crippen molar-refractivity contribution in [3.05, 3.63) is 24.0 Å². The van der Waals surface area contributed by atoms with Crippen molar-refractivity contribution in [3.8, 4) is 0 Å². The average molecular weight is 277 g/mol.